The molecule has 0 saturated heterocycles. The SMILES string of the molecule is O=C(NCCCc1nc2ccccc2[nH]1)c1ccccc1COc1ccccc1. The number of fused-ring (bicyclic) bond motifs is 1. The Balaban J connectivity index is 1.30. The maximum atomic E-state index is 12.6. The first-order valence-electron chi connectivity index (χ1n) is 9.77. The molecular weight excluding hydrogens is 362 g/mol. The fourth-order valence-corrected chi connectivity index (χ4v) is 3.22. The maximum Gasteiger partial charge on any atom is 0.251 e. The minimum Gasteiger partial charge on any atom is -0.489 e. The lowest BCUT2D eigenvalue weighted by atomic mass is 10.1. The second-order valence-corrected chi connectivity index (χ2v) is 6.82. The zero-order valence-electron chi connectivity index (χ0n) is 16.1. The van der Waals surface area contributed by atoms with Crippen molar-refractivity contribution in [2.45, 2.75) is 19.4 Å². The van der Waals surface area contributed by atoms with E-state index in [9.17, 15) is 4.79 Å². The van der Waals surface area contributed by atoms with Crippen molar-refractivity contribution in [2.75, 3.05) is 6.54 Å². The van der Waals surface area contributed by atoms with E-state index in [2.05, 4.69) is 15.3 Å². The number of nitrogens with one attached hydrogen (secondary N) is 2. The summed E-state index contributed by atoms with van der Waals surface area (Å²) in [5.74, 6) is 1.65. The van der Waals surface area contributed by atoms with E-state index in [0.29, 0.717) is 18.7 Å². The van der Waals surface area contributed by atoms with Crippen LogP contribution < -0.4 is 10.1 Å². The van der Waals surface area contributed by atoms with Gasteiger partial charge in [-0.15, -0.1) is 0 Å². The number of aryl methyl sites for hydroxylation is 1. The van der Waals surface area contributed by atoms with Crippen LogP contribution in [0.2, 0.25) is 0 Å². The monoisotopic (exact) mass is 385 g/mol. The molecule has 5 nitrogen and oxygen atoms in total. The number of aromatic nitrogens is 2. The lowest BCUT2D eigenvalue weighted by Crippen LogP contribution is -2.26. The van der Waals surface area contributed by atoms with Crippen molar-refractivity contribution in [3.05, 3.63) is 95.8 Å². The molecule has 29 heavy (non-hydrogen) atoms. The van der Waals surface area contributed by atoms with Crippen LogP contribution in [-0.4, -0.2) is 22.4 Å². The number of rotatable bonds is 8. The molecule has 0 aliphatic rings. The lowest BCUT2D eigenvalue weighted by Gasteiger charge is -2.11. The van der Waals surface area contributed by atoms with Crippen LogP contribution in [0.25, 0.3) is 11.0 Å². The quantitative estimate of drug-likeness (QED) is 0.439. The van der Waals surface area contributed by atoms with E-state index in [1.54, 1.807) is 0 Å². The molecule has 4 rings (SSSR count). The normalized spacial score (nSPS) is 10.8. The van der Waals surface area contributed by atoms with Crippen LogP contribution >= 0.6 is 0 Å². The fraction of sp³-hybridized carbons (Fsp3) is 0.167. The number of carbonyl (C=O) groups is 1. The summed E-state index contributed by atoms with van der Waals surface area (Å²) in [4.78, 5) is 20.5. The van der Waals surface area contributed by atoms with E-state index in [0.717, 1.165) is 41.0 Å². The molecular formula is C24H23N3O2. The third kappa shape index (κ3) is 4.82. The van der Waals surface area contributed by atoms with Crippen LogP contribution in [0.4, 0.5) is 0 Å². The Morgan fingerprint density at radius 3 is 2.55 bits per heavy atom. The number of aromatic amines is 1. The van der Waals surface area contributed by atoms with Gasteiger partial charge in [0.2, 0.25) is 0 Å². The highest BCUT2D eigenvalue weighted by atomic mass is 16.5. The number of para-hydroxylation sites is 3. The van der Waals surface area contributed by atoms with E-state index >= 15 is 0 Å². The molecule has 0 bridgehead atoms. The van der Waals surface area contributed by atoms with Gasteiger partial charge in [0.1, 0.15) is 18.2 Å². The zero-order chi connectivity index (χ0) is 19.9. The standard InChI is InChI=1S/C24H23N3O2/c28-24(25-16-8-15-23-26-21-13-6-7-14-22(21)27-23)20-12-5-4-9-18(20)17-29-19-10-2-1-3-11-19/h1-7,9-14H,8,15-17H2,(H,25,28)(H,26,27). The van der Waals surface area contributed by atoms with Gasteiger partial charge in [-0.1, -0.05) is 48.5 Å². The van der Waals surface area contributed by atoms with E-state index in [-0.39, 0.29) is 5.91 Å². The van der Waals surface area contributed by atoms with Gasteiger partial charge in [0.25, 0.3) is 5.91 Å². The van der Waals surface area contributed by atoms with Crippen molar-refractivity contribution in [3.63, 3.8) is 0 Å². The number of benzene rings is 3. The van der Waals surface area contributed by atoms with E-state index in [1.807, 2.05) is 78.9 Å². The van der Waals surface area contributed by atoms with Gasteiger partial charge < -0.3 is 15.0 Å². The van der Waals surface area contributed by atoms with Crippen LogP contribution in [0.1, 0.15) is 28.2 Å². The Bertz CT molecular complexity index is 1060. The summed E-state index contributed by atoms with van der Waals surface area (Å²) in [5, 5.41) is 3.01. The van der Waals surface area contributed by atoms with Crippen molar-refractivity contribution in [1.82, 2.24) is 15.3 Å². The Morgan fingerprint density at radius 2 is 1.69 bits per heavy atom. The molecule has 3 aromatic carbocycles. The largest absolute Gasteiger partial charge is 0.489 e. The van der Waals surface area contributed by atoms with Crippen LogP contribution in [0.15, 0.2) is 78.9 Å². The summed E-state index contributed by atoms with van der Waals surface area (Å²) in [6.45, 7) is 0.941. The van der Waals surface area contributed by atoms with Gasteiger partial charge in [-0.05, 0) is 36.8 Å². The maximum absolute atomic E-state index is 12.6. The number of imidazole rings is 1. The smallest absolute Gasteiger partial charge is 0.251 e. The lowest BCUT2D eigenvalue weighted by molar-refractivity contribution is 0.0950. The average molecular weight is 385 g/mol. The van der Waals surface area contributed by atoms with Crippen LogP contribution in [0.3, 0.4) is 0 Å². The second-order valence-electron chi connectivity index (χ2n) is 6.82. The first-order chi connectivity index (χ1) is 14.3. The highest BCUT2D eigenvalue weighted by Gasteiger charge is 2.11. The van der Waals surface area contributed by atoms with E-state index < -0.39 is 0 Å². The number of ether oxygens (including phenoxy) is 1. The second kappa shape index (κ2) is 9.06. The molecule has 0 aliphatic heterocycles. The van der Waals surface area contributed by atoms with Gasteiger partial charge in [-0.3, -0.25) is 4.79 Å². The van der Waals surface area contributed by atoms with Crippen molar-refractivity contribution in [1.29, 1.82) is 0 Å². The fourth-order valence-electron chi connectivity index (χ4n) is 3.22. The Hall–Kier alpha value is -3.60. The molecule has 0 spiro atoms. The summed E-state index contributed by atoms with van der Waals surface area (Å²) in [6, 6.07) is 25.1. The van der Waals surface area contributed by atoms with Gasteiger partial charge in [0, 0.05) is 24.1 Å². The van der Waals surface area contributed by atoms with Crippen LogP contribution in [-0.2, 0) is 13.0 Å². The first-order valence-corrected chi connectivity index (χ1v) is 9.77. The van der Waals surface area contributed by atoms with Gasteiger partial charge in [-0.25, -0.2) is 4.98 Å². The Labute approximate surface area is 169 Å². The molecule has 146 valence electrons. The molecule has 1 amide bonds. The predicted octanol–water partition coefficient (Wildman–Crippen LogP) is 4.50. The molecule has 0 aliphatic carbocycles. The number of amides is 1. The molecule has 1 heterocycles. The summed E-state index contributed by atoms with van der Waals surface area (Å²) in [6.07, 6.45) is 1.60. The third-order valence-electron chi connectivity index (χ3n) is 4.71. The zero-order valence-corrected chi connectivity index (χ0v) is 16.1. The Morgan fingerprint density at radius 1 is 0.931 bits per heavy atom. The number of H-pyrrole nitrogens is 1. The molecule has 0 saturated carbocycles. The highest BCUT2D eigenvalue weighted by Crippen LogP contribution is 2.15. The molecule has 0 atom stereocenters. The first kappa shape index (κ1) is 18.7. The minimum atomic E-state index is -0.0816. The third-order valence-corrected chi connectivity index (χ3v) is 4.71. The van der Waals surface area contributed by atoms with Gasteiger partial charge in [-0.2, -0.15) is 0 Å². The van der Waals surface area contributed by atoms with Crippen molar-refractivity contribution < 1.29 is 9.53 Å². The van der Waals surface area contributed by atoms with E-state index in [4.69, 9.17) is 4.74 Å². The minimum absolute atomic E-state index is 0.0816. The summed E-state index contributed by atoms with van der Waals surface area (Å²) in [5.41, 5.74) is 3.52. The number of hydrogen-bond donors (Lipinski definition) is 2. The van der Waals surface area contributed by atoms with Gasteiger partial charge >= 0.3 is 0 Å². The molecule has 4 aromatic rings. The average Bonchev–Trinajstić information content (AvgIpc) is 3.19. The van der Waals surface area contributed by atoms with Crippen molar-refractivity contribution >= 4 is 16.9 Å². The van der Waals surface area contributed by atoms with Crippen molar-refractivity contribution in [3.8, 4) is 5.75 Å². The summed E-state index contributed by atoms with van der Waals surface area (Å²) < 4.78 is 5.80. The highest BCUT2D eigenvalue weighted by molar-refractivity contribution is 5.95. The number of carbonyl (C=O) groups excluding carboxylic acids is 1. The molecule has 0 radical (unpaired) electrons. The van der Waals surface area contributed by atoms with Crippen molar-refractivity contribution in [2.24, 2.45) is 0 Å². The predicted molar refractivity (Wildman–Crippen MR) is 114 cm³/mol. The van der Waals surface area contributed by atoms with Crippen LogP contribution in [0, 0.1) is 0 Å². The molecule has 2 N–H and O–H groups in total. The number of hydrogen-bond acceptors (Lipinski definition) is 3. The summed E-state index contributed by atoms with van der Waals surface area (Å²) >= 11 is 0. The molecule has 0 unspecified atom stereocenters. The molecule has 5 heteroatoms. The topological polar surface area (TPSA) is 67.0 Å². The Kier molecular flexibility index (Phi) is 5.86. The van der Waals surface area contributed by atoms with E-state index in [1.165, 1.54) is 0 Å². The van der Waals surface area contributed by atoms with Crippen LogP contribution in [0.5, 0.6) is 5.75 Å². The molecule has 1 aromatic heterocycles. The van der Waals surface area contributed by atoms with Gasteiger partial charge in [0.05, 0.1) is 11.0 Å². The molecule has 0 fully saturated rings. The van der Waals surface area contributed by atoms with Gasteiger partial charge in [0.15, 0.2) is 0 Å². The summed E-state index contributed by atoms with van der Waals surface area (Å²) in [7, 11) is 0. The number of nitrogens with zero attached hydrogens (tertiary/aromatic N) is 1.